The first-order valence-electron chi connectivity index (χ1n) is 7.61. The highest BCUT2D eigenvalue weighted by molar-refractivity contribution is 7.80. The van der Waals surface area contributed by atoms with Crippen molar-refractivity contribution in [1.29, 1.82) is 0 Å². The predicted octanol–water partition coefficient (Wildman–Crippen LogP) is 2.84. The summed E-state index contributed by atoms with van der Waals surface area (Å²) in [5.41, 5.74) is 3.18. The van der Waals surface area contributed by atoms with E-state index in [0.29, 0.717) is 18.3 Å². The summed E-state index contributed by atoms with van der Waals surface area (Å²) in [4.78, 5) is 1.59. The second-order valence-electron chi connectivity index (χ2n) is 6.09. The molecule has 0 fully saturated rings. The van der Waals surface area contributed by atoms with Gasteiger partial charge in [0.2, 0.25) is 5.82 Å². The van der Waals surface area contributed by atoms with Crippen molar-refractivity contribution >= 4 is 12.6 Å². The number of benzene rings is 1. The molecule has 0 spiro atoms. The molecule has 2 heterocycles. The molecule has 0 saturated carbocycles. The minimum Gasteiger partial charge on any atom is -0.258 e. The lowest BCUT2D eigenvalue weighted by Crippen LogP contribution is -2.06. The normalized spacial score (nSPS) is 11.3. The molecule has 2 aromatic heterocycles. The van der Waals surface area contributed by atoms with Gasteiger partial charge in [0, 0.05) is 6.54 Å². The van der Waals surface area contributed by atoms with Crippen LogP contribution in [0.3, 0.4) is 0 Å². The van der Waals surface area contributed by atoms with E-state index in [1.807, 2.05) is 10.7 Å². The van der Waals surface area contributed by atoms with Crippen LogP contribution < -0.4 is 0 Å². The van der Waals surface area contributed by atoms with Gasteiger partial charge in [-0.15, -0.1) is 22.8 Å². The van der Waals surface area contributed by atoms with E-state index in [2.05, 4.69) is 72.1 Å². The summed E-state index contributed by atoms with van der Waals surface area (Å²) in [7, 11) is 0. The highest BCUT2D eigenvalue weighted by atomic mass is 32.1. The van der Waals surface area contributed by atoms with Crippen LogP contribution >= 0.6 is 12.6 Å². The third kappa shape index (κ3) is 3.61. The van der Waals surface area contributed by atoms with Crippen LogP contribution in [0.1, 0.15) is 25.0 Å². The van der Waals surface area contributed by atoms with E-state index >= 15 is 0 Å². The standard InChI is InChI=1S/C16H20N6S/c1-11(2)9-21-16(23)14(8-17-21)15-18-20-22(19-15)10-13-6-4-5-12(3)7-13/h4-8,11,23H,9-10H2,1-3H3. The molecule has 0 radical (unpaired) electrons. The number of tetrazole rings is 1. The summed E-state index contributed by atoms with van der Waals surface area (Å²) in [6.07, 6.45) is 1.75. The fourth-order valence-corrected chi connectivity index (χ4v) is 2.70. The molecule has 0 aliphatic heterocycles. The molecule has 23 heavy (non-hydrogen) atoms. The summed E-state index contributed by atoms with van der Waals surface area (Å²) in [6.45, 7) is 7.77. The van der Waals surface area contributed by atoms with E-state index in [-0.39, 0.29) is 0 Å². The van der Waals surface area contributed by atoms with Gasteiger partial charge in [0.15, 0.2) is 0 Å². The second-order valence-corrected chi connectivity index (χ2v) is 6.51. The van der Waals surface area contributed by atoms with Crippen molar-refractivity contribution in [2.75, 3.05) is 0 Å². The number of thiol groups is 1. The van der Waals surface area contributed by atoms with Crippen LogP contribution in [-0.2, 0) is 13.1 Å². The zero-order chi connectivity index (χ0) is 16.4. The molecule has 0 unspecified atom stereocenters. The summed E-state index contributed by atoms with van der Waals surface area (Å²) < 4.78 is 1.87. The minimum atomic E-state index is 0.499. The monoisotopic (exact) mass is 328 g/mol. The van der Waals surface area contributed by atoms with E-state index in [1.54, 1.807) is 11.0 Å². The van der Waals surface area contributed by atoms with Crippen molar-refractivity contribution in [3.8, 4) is 11.4 Å². The van der Waals surface area contributed by atoms with Gasteiger partial charge >= 0.3 is 0 Å². The summed E-state index contributed by atoms with van der Waals surface area (Å²) in [6, 6.07) is 8.28. The van der Waals surface area contributed by atoms with Crippen LogP contribution in [0, 0.1) is 12.8 Å². The van der Waals surface area contributed by atoms with Crippen molar-refractivity contribution in [3.05, 3.63) is 41.6 Å². The highest BCUT2D eigenvalue weighted by Crippen LogP contribution is 2.23. The lowest BCUT2D eigenvalue weighted by molar-refractivity contribution is 0.457. The Hall–Kier alpha value is -2.15. The number of nitrogens with zero attached hydrogens (tertiary/aromatic N) is 6. The molecule has 120 valence electrons. The zero-order valence-corrected chi connectivity index (χ0v) is 14.4. The Morgan fingerprint density at radius 1 is 1.26 bits per heavy atom. The Bertz CT molecular complexity index is 805. The maximum atomic E-state index is 4.55. The maximum Gasteiger partial charge on any atom is 0.209 e. The lowest BCUT2D eigenvalue weighted by Gasteiger charge is -2.06. The zero-order valence-electron chi connectivity index (χ0n) is 13.5. The minimum absolute atomic E-state index is 0.499. The SMILES string of the molecule is Cc1cccc(Cn2nnc(-c3cnn(CC(C)C)c3S)n2)c1. The summed E-state index contributed by atoms with van der Waals surface area (Å²) in [5.74, 6) is 1.05. The van der Waals surface area contributed by atoms with E-state index in [1.165, 1.54) is 5.56 Å². The Morgan fingerprint density at radius 2 is 2.09 bits per heavy atom. The van der Waals surface area contributed by atoms with Crippen molar-refractivity contribution in [2.45, 2.75) is 38.9 Å². The van der Waals surface area contributed by atoms with Gasteiger partial charge in [0.25, 0.3) is 0 Å². The Kier molecular flexibility index (Phi) is 4.47. The van der Waals surface area contributed by atoms with Crippen molar-refractivity contribution in [1.82, 2.24) is 30.0 Å². The number of aryl methyl sites for hydroxylation is 1. The first kappa shape index (κ1) is 15.7. The molecule has 3 aromatic rings. The van der Waals surface area contributed by atoms with Crippen LogP contribution in [-0.4, -0.2) is 30.0 Å². The van der Waals surface area contributed by atoms with E-state index in [4.69, 9.17) is 0 Å². The fraction of sp³-hybridized carbons (Fsp3) is 0.375. The van der Waals surface area contributed by atoms with Crippen LogP contribution in [0.15, 0.2) is 35.5 Å². The lowest BCUT2D eigenvalue weighted by atomic mass is 10.1. The Morgan fingerprint density at radius 3 is 2.83 bits per heavy atom. The molecule has 0 N–H and O–H groups in total. The average molecular weight is 328 g/mol. The second kappa shape index (κ2) is 6.54. The molecule has 0 bridgehead atoms. The van der Waals surface area contributed by atoms with Crippen molar-refractivity contribution in [2.24, 2.45) is 5.92 Å². The third-order valence-electron chi connectivity index (χ3n) is 3.45. The van der Waals surface area contributed by atoms with E-state index in [0.717, 1.165) is 22.7 Å². The average Bonchev–Trinajstić information content (AvgIpc) is 3.07. The topological polar surface area (TPSA) is 61.4 Å². The molecular formula is C16H20N6S. The first-order chi connectivity index (χ1) is 11.0. The van der Waals surface area contributed by atoms with Gasteiger partial charge in [-0.3, -0.25) is 4.68 Å². The van der Waals surface area contributed by atoms with E-state index in [9.17, 15) is 0 Å². The molecule has 6 nitrogen and oxygen atoms in total. The molecule has 0 saturated heterocycles. The van der Waals surface area contributed by atoms with Gasteiger partial charge in [0.05, 0.1) is 18.3 Å². The molecule has 0 amide bonds. The van der Waals surface area contributed by atoms with Gasteiger partial charge in [-0.2, -0.15) is 9.90 Å². The van der Waals surface area contributed by atoms with Crippen LogP contribution in [0.2, 0.25) is 0 Å². The molecule has 0 aliphatic rings. The van der Waals surface area contributed by atoms with Gasteiger partial charge < -0.3 is 0 Å². The Balaban J connectivity index is 1.81. The van der Waals surface area contributed by atoms with Crippen LogP contribution in [0.5, 0.6) is 0 Å². The number of hydrogen-bond donors (Lipinski definition) is 1. The Labute approximate surface area is 140 Å². The van der Waals surface area contributed by atoms with Crippen LogP contribution in [0.4, 0.5) is 0 Å². The fourth-order valence-electron chi connectivity index (χ4n) is 2.41. The number of aromatic nitrogens is 6. The first-order valence-corrected chi connectivity index (χ1v) is 8.06. The van der Waals surface area contributed by atoms with Crippen molar-refractivity contribution < 1.29 is 0 Å². The quantitative estimate of drug-likeness (QED) is 0.732. The maximum absolute atomic E-state index is 4.55. The van der Waals surface area contributed by atoms with Gasteiger partial charge in [0.1, 0.15) is 5.03 Å². The smallest absolute Gasteiger partial charge is 0.209 e. The molecule has 0 atom stereocenters. The summed E-state index contributed by atoms with van der Waals surface area (Å²) in [5, 5.41) is 17.9. The molecular weight excluding hydrogens is 308 g/mol. The molecule has 3 rings (SSSR count). The third-order valence-corrected chi connectivity index (χ3v) is 3.92. The van der Waals surface area contributed by atoms with Gasteiger partial charge in [-0.25, -0.2) is 0 Å². The van der Waals surface area contributed by atoms with Crippen molar-refractivity contribution in [3.63, 3.8) is 0 Å². The summed E-state index contributed by atoms with van der Waals surface area (Å²) >= 11 is 4.55. The van der Waals surface area contributed by atoms with Gasteiger partial charge in [-0.05, 0) is 23.6 Å². The van der Waals surface area contributed by atoms with E-state index < -0.39 is 0 Å². The number of rotatable bonds is 5. The number of hydrogen-bond acceptors (Lipinski definition) is 5. The molecule has 0 aliphatic carbocycles. The predicted molar refractivity (Wildman–Crippen MR) is 91.4 cm³/mol. The largest absolute Gasteiger partial charge is 0.258 e. The molecule has 7 heteroatoms. The van der Waals surface area contributed by atoms with Crippen LogP contribution in [0.25, 0.3) is 11.4 Å². The van der Waals surface area contributed by atoms with Gasteiger partial charge in [-0.1, -0.05) is 43.7 Å². The molecule has 1 aromatic carbocycles. The highest BCUT2D eigenvalue weighted by Gasteiger charge is 2.15.